The van der Waals surface area contributed by atoms with Crippen molar-refractivity contribution >= 4 is 30.1 Å². The molecule has 0 spiro atoms. The summed E-state index contributed by atoms with van der Waals surface area (Å²) in [5.74, 6) is 2.87. The molecule has 1 amide bonds. The molecule has 2 rings (SSSR count). The number of halogens is 1. The van der Waals surface area contributed by atoms with Crippen LogP contribution >= 0.6 is 24.2 Å². The summed E-state index contributed by atoms with van der Waals surface area (Å²) in [4.78, 5) is 14.2. The van der Waals surface area contributed by atoms with Crippen molar-refractivity contribution in [3.05, 3.63) is 0 Å². The number of fused-ring (bicyclic) bond motifs is 2. The van der Waals surface area contributed by atoms with Gasteiger partial charge in [0.2, 0.25) is 5.91 Å². The van der Waals surface area contributed by atoms with Crippen molar-refractivity contribution in [3.8, 4) is 0 Å². The summed E-state index contributed by atoms with van der Waals surface area (Å²) in [5.41, 5.74) is 0. The van der Waals surface area contributed by atoms with Gasteiger partial charge in [0.15, 0.2) is 0 Å². The number of nitrogens with zero attached hydrogens (tertiary/aromatic N) is 1. The van der Waals surface area contributed by atoms with Crippen LogP contribution in [0.1, 0.15) is 39.5 Å². The lowest BCUT2D eigenvalue weighted by Crippen LogP contribution is -2.39. The predicted molar refractivity (Wildman–Crippen MR) is 85.2 cm³/mol. The highest BCUT2D eigenvalue weighted by molar-refractivity contribution is 7.99. The summed E-state index contributed by atoms with van der Waals surface area (Å²) >= 11 is 1.80. The number of carbonyl (C=O) groups is 1. The van der Waals surface area contributed by atoms with Gasteiger partial charge in [-0.2, -0.15) is 11.8 Å². The van der Waals surface area contributed by atoms with Gasteiger partial charge in [-0.1, -0.05) is 13.8 Å². The lowest BCUT2D eigenvalue weighted by atomic mass is 10.1. The van der Waals surface area contributed by atoms with E-state index >= 15 is 0 Å². The van der Waals surface area contributed by atoms with E-state index in [1.165, 1.54) is 19.3 Å². The zero-order chi connectivity index (χ0) is 13.0. The van der Waals surface area contributed by atoms with Gasteiger partial charge in [-0.15, -0.1) is 12.4 Å². The van der Waals surface area contributed by atoms with E-state index in [-0.39, 0.29) is 12.4 Å². The Bertz CT molecular complexity index is 289. The molecule has 0 aromatic heterocycles. The molecule has 0 aliphatic carbocycles. The number of hydrogen-bond donors (Lipinski definition) is 1. The van der Waals surface area contributed by atoms with Crippen LogP contribution in [-0.2, 0) is 4.79 Å². The molecule has 0 saturated carbocycles. The Hall–Kier alpha value is 0.0700. The molecule has 2 atom stereocenters. The Kier molecular flexibility index (Phi) is 7.55. The van der Waals surface area contributed by atoms with Gasteiger partial charge >= 0.3 is 0 Å². The number of likely N-dealkylation sites (tertiary alicyclic amines) is 1. The van der Waals surface area contributed by atoms with Crippen LogP contribution in [-0.4, -0.2) is 47.5 Å². The van der Waals surface area contributed by atoms with Gasteiger partial charge in [-0.05, 0) is 37.4 Å². The standard InChI is InChI=1S/C14H26N2OS.ClH/c1-11(2)6-8-18-10-14(17)16-7-5-12-3-4-13(9-16)15-12;/h11-13,15H,3-10H2,1-2H3;1H. The first kappa shape index (κ1) is 17.1. The van der Waals surface area contributed by atoms with Crippen molar-refractivity contribution in [3.63, 3.8) is 0 Å². The molecule has 2 heterocycles. The van der Waals surface area contributed by atoms with Crippen molar-refractivity contribution < 1.29 is 4.79 Å². The lowest BCUT2D eigenvalue weighted by molar-refractivity contribution is -0.128. The Balaban J connectivity index is 0.00000180. The summed E-state index contributed by atoms with van der Waals surface area (Å²) < 4.78 is 0. The van der Waals surface area contributed by atoms with Crippen LogP contribution in [0.15, 0.2) is 0 Å². The quantitative estimate of drug-likeness (QED) is 0.792. The molecule has 2 saturated heterocycles. The van der Waals surface area contributed by atoms with Gasteiger partial charge in [0.25, 0.3) is 0 Å². The number of rotatable bonds is 5. The highest BCUT2D eigenvalue weighted by Crippen LogP contribution is 2.21. The molecule has 2 aliphatic rings. The maximum absolute atomic E-state index is 12.1. The minimum Gasteiger partial charge on any atom is -0.340 e. The van der Waals surface area contributed by atoms with Gasteiger partial charge in [-0.25, -0.2) is 0 Å². The highest BCUT2D eigenvalue weighted by atomic mass is 35.5. The molecule has 0 radical (unpaired) electrons. The predicted octanol–water partition coefficient (Wildman–Crippen LogP) is 2.54. The summed E-state index contributed by atoms with van der Waals surface area (Å²) in [7, 11) is 0. The van der Waals surface area contributed by atoms with Crippen LogP contribution in [0.2, 0.25) is 0 Å². The van der Waals surface area contributed by atoms with Crippen LogP contribution in [0, 0.1) is 5.92 Å². The third-order valence-corrected chi connectivity index (χ3v) is 4.92. The highest BCUT2D eigenvalue weighted by Gasteiger charge is 2.30. The smallest absolute Gasteiger partial charge is 0.232 e. The third-order valence-electron chi connectivity index (χ3n) is 3.94. The van der Waals surface area contributed by atoms with Crippen molar-refractivity contribution in [2.75, 3.05) is 24.6 Å². The molecule has 2 bridgehead atoms. The molecule has 1 N–H and O–H groups in total. The Morgan fingerprint density at radius 3 is 2.79 bits per heavy atom. The van der Waals surface area contributed by atoms with Crippen molar-refractivity contribution in [1.82, 2.24) is 10.2 Å². The van der Waals surface area contributed by atoms with E-state index in [9.17, 15) is 4.79 Å². The van der Waals surface area contributed by atoms with Gasteiger partial charge in [0.1, 0.15) is 0 Å². The molecule has 2 fully saturated rings. The van der Waals surface area contributed by atoms with E-state index in [0.717, 1.165) is 31.2 Å². The first-order chi connectivity index (χ1) is 8.65. The average Bonchev–Trinajstić information content (AvgIpc) is 2.64. The first-order valence-electron chi connectivity index (χ1n) is 7.26. The first-order valence-corrected chi connectivity index (χ1v) is 8.42. The normalized spacial score (nSPS) is 26.2. The van der Waals surface area contributed by atoms with E-state index in [4.69, 9.17) is 0 Å². The second kappa shape index (κ2) is 8.38. The van der Waals surface area contributed by atoms with E-state index in [1.807, 2.05) is 0 Å². The molecule has 2 unspecified atom stereocenters. The number of nitrogens with one attached hydrogen (secondary N) is 1. The van der Waals surface area contributed by atoms with E-state index < -0.39 is 0 Å². The fraction of sp³-hybridized carbons (Fsp3) is 0.929. The van der Waals surface area contributed by atoms with Gasteiger partial charge in [0, 0.05) is 25.2 Å². The fourth-order valence-corrected chi connectivity index (χ4v) is 3.88. The molecule has 2 aliphatic heterocycles. The third kappa shape index (κ3) is 5.52. The minimum atomic E-state index is 0. The molecular formula is C14H27ClN2OS. The number of hydrogen-bond acceptors (Lipinski definition) is 3. The summed E-state index contributed by atoms with van der Waals surface area (Å²) in [6, 6.07) is 1.23. The maximum Gasteiger partial charge on any atom is 0.232 e. The number of amides is 1. The zero-order valence-corrected chi connectivity index (χ0v) is 13.7. The van der Waals surface area contributed by atoms with Gasteiger partial charge < -0.3 is 10.2 Å². The van der Waals surface area contributed by atoms with Gasteiger partial charge in [0.05, 0.1) is 5.75 Å². The zero-order valence-electron chi connectivity index (χ0n) is 12.1. The molecular weight excluding hydrogens is 280 g/mol. The molecule has 5 heteroatoms. The van der Waals surface area contributed by atoms with Crippen LogP contribution in [0.5, 0.6) is 0 Å². The maximum atomic E-state index is 12.1. The summed E-state index contributed by atoms with van der Waals surface area (Å²) in [5, 5.41) is 3.62. The number of carbonyl (C=O) groups excluding carboxylic acids is 1. The lowest BCUT2D eigenvalue weighted by Gasteiger charge is -2.24. The Morgan fingerprint density at radius 2 is 2.05 bits per heavy atom. The largest absolute Gasteiger partial charge is 0.340 e. The van der Waals surface area contributed by atoms with Crippen molar-refractivity contribution in [2.24, 2.45) is 5.92 Å². The topological polar surface area (TPSA) is 32.3 Å². The van der Waals surface area contributed by atoms with E-state index in [1.54, 1.807) is 11.8 Å². The van der Waals surface area contributed by atoms with Crippen LogP contribution in [0.4, 0.5) is 0 Å². The Labute approximate surface area is 127 Å². The summed E-state index contributed by atoms with van der Waals surface area (Å²) in [6.45, 7) is 6.36. The monoisotopic (exact) mass is 306 g/mol. The van der Waals surface area contributed by atoms with Crippen LogP contribution in [0.25, 0.3) is 0 Å². The van der Waals surface area contributed by atoms with Crippen LogP contribution in [0.3, 0.4) is 0 Å². The summed E-state index contributed by atoms with van der Waals surface area (Å²) in [6.07, 6.45) is 4.90. The van der Waals surface area contributed by atoms with Gasteiger partial charge in [-0.3, -0.25) is 4.79 Å². The van der Waals surface area contributed by atoms with Crippen molar-refractivity contribution in [1.29, 1.82) is 0 Å². The average molecular weight is 307 g/mol. The molecule has 0 aromatic rings. The Morgan fingerprint density at radius 1 is 1.32 bits per heavy atom. The molecule has 112 valence electrons. The molecule has 3 nitrogen and oxygen atoms in total. The second-order valence-electron chi connectivity index (χ2n) is 6.00. The number of thioether (sulfide) groups is 1. The van der Waals surface area contributed by atoms with Crippen LogP contribution < -0.4 is 5.32 Å². The molecule has 19 heavy (non-hydrogen) atoms. The second-order valence-corrected chi connectivity index (χ2v) is 7.11. The van der Waals surface area contributed by atoms with E-state index in [2.05, 4.69) is 24.1 Å². The van der Waals surface area contributed by atoms with Crippen molar-refractivity contribution in [2.45, 2.75) is 51.6 Å². The minimum absolute atomic E-state index is 0. The molecule has 0 aromatic carbocycles. The fourth-order valence-electron chi connectivity index (χ4n) is 2.74. The van der Waals surface area contributed by atoms with E-state index in [0.29, 0.717) is 23.7 Å². The SMILES string of the molecule is CC(C)CCSCC(=O)N1CCC2CCC(C1)N2.Cl.